The molecule has 2 fully saturated rings. The zero-order valence-electron chi connectivity index (χ0n) is 16.8. The molecule has 0 N–H and O–H groups in total. The maximum Gasteiger partial charge on any atom is 0.270 e. The Labute approximate surface area is 175 Å². The molecule has 30 heavy (non-hydrogen) atoms. The summed E-state index contributed by atoms with van der Waals surface area (Å²) in [4.78, 5) is 34.4. The number of carbonyl (C=O) groups excluding carboxylic acids is 1. The third-order valence-corrected chi connectivity index (χ3v) is 5.59. The summed E-state index contributed by atoms with van der Waals surface area (Å²) in [6.45, 7) is 6.02. The number of rotatable bonds is 5. The first-order valence-corrected chi connectivity index (χ1v) is 10.1. The summed E-state index contributed by atoms with van der Waals surface area (Å²) in [6.07, 6.45) is 3.56. The van der Waals surface area contributed by atoms with E-state index in [1.165, 1.54) is 17.7 Å². The molecule has 0 radical (unpaired) electrons. The van der Waals surface area contributed by atoms with Crippen LogP contribution in [0.1, 0.15) is 15.9 Å². The topological polar surface area (TPSA) is 92.0 Å². The lowest BCUT2D eigenvalue weighted by atomic mass is 10.1. The van der Waals surface area contributed by atoms with E-state index in [0.717, 1.165) is 25.3 Å². The minimum Gasteiger partial charge on any atom is -0.378 e. The van der Waals surface area contributed by atoms with Crippen molar-refractivity contribution in [2.24, 2.45) is 0 Å². The van der Waals surface area contributed by atoms with Gasteiger partial charge in [-0.05, 0) is 23.8 Å². The Morgan fingerprint density at radius 3 is 2.40 bits per heavy atom. The van der Waals surface area contributed by atoms with E-state index in [2.05, 4.69) is 14.8 Å². The molecule has 2 saturated heterocycles. The lowest BCUT2D eigenvalue weighted by molar-refractivity contribution is -0.384. The predicted octanol–water partition coefficient (Wildman–Crippen LogP) is 1.78. The number of amides is 1. The van der Waals surface area contributed by atoms with E-state index in [4.69, 9.17) is 4.74 Å². The van der Waals surface area contributed by atoms with Gasteiger partial charge in [-0.1, -0.05) is 0 Å². The largest absolute Gasteiger partial charge is 0.378 e. The molecule has 0 saturated carbocycles. The van der Waals surface area contributed by atoms with Crippen molar-refractivity contribution in [2.45, 2.75) is 6.54 Å². The second kappa shape index (κ2) is 9.19. The lowest BCUT2D eigenvalue weighted by Gasteiger charge is -2.36. The van der Waals surface area contributed by atoms with Crippen molar-refractivity contribution in [3.8, 4) is 0 Å². The summed E-state index contributed by atoms with van der Waals surface area (Å²) in [6, 6.07) is 8.56. The van der Waals surface area contributed by atoms with Crippen LogP contribution in [0.15, 0.2) is 42.7 Å². The number of aromatic nitrogens is 1. The van der Waals surface area contributed by atoms with Gasteiger partial charge >= 0.3 is 0 Å². The highest BCUT2D eigenvalue weighted by Crippen LogP contribution is 2.28. The van der Waals surface area contributed by atoms with Crippen LogP contribution in [-0.2, 0) is 11.3 Å². The minimum atomic E-state index is -0.452. The standard InChI is InChI=1S/C21H25N5O4/c27-21(25-9-7-23(8-10-25)16-17-3-5-22-6-4-17)19-15-18(26(28)29)1-2-20(19)24-11-13-30-14-12-24/h1-6,15H,7-14,16H2. The second-order valence-electron chi connectivity index (χ2n) is 7.48. The highest BCUT2D eigenvalue weighted by molar-refractivity contribution is 6.00. The number of ether oxygens (including phenoxy) is 1. The van der Waals surface area contributed by atoms with Crippen molar-refractivity contribution in [3.63, 3.8) is 0 Å². The molecular formula is C21H25N5O4. The molecule has 0 unspecified atom stereocenters. The molecule has 9 nitrogen and oxygen atoms in total. The van der Waals surface area contributed by atoms with Gasteiger partial charge < -0.3 is 14.5 Å². The van der Waals surface area contributed by atoms with Gasteiger partial charge in [-0.15, -0.1) is 0 Å². The SMILES string of the molecule is O=C(c1cc([N+](=O)[O-])ccc1N1CCOCC1)N1CCN(Cc2ccncc2)CC1. The molecule has 1 amide bonds. The van der Waals surface area contributed by atoms with E-state index in [1.54, 1.807) is 23.4 Å². The normalized spacial score (nSPS) is 17.7. The minimum absolute atomic E-state index is 0.0633. The third-order valence-electron chi connectivity index (χ3n) is 5.59. The quantitative estimate of drug-likeness (QED) is 0.547. The van der Waals surface area contributed by atoms with Crippen LogP contribution in [0.3, 0.4) is 0 Å². The fraction of sp³-hybridized carbons (Fsp3) is 0.429. The molecule has 4 rings (SSSR count). The van der Waals surface area contributed by atoms with Crippen LogP contribution in [-0.4, -0.2) is 78.1 Å². The third kappa shape index (κ3) is 4.58. The number of hydrogen-bond acceptors (Lipinski definition) is 7. The molecule has 0 aliphatic carbocycles. The number of anilines is 1. The smallest absolute Gasteiger partial charge is 0.270 e. The molecule has 0 atom stereocenters. The van der Waals surface area contributed by atoms with E-state index in [0.29, 0.717) is 45.0 Å². The van der Waals surface area contributed by atoms with Crippen molar-refractivity contribution < 1.29 is 14.5 Å². The first kappa shape index (κ1) is 20.2. The molecule has 0 spiro atoms. The summed E-state index contributed by atoms with van der Waals surface area (Å²) >= 11 is 0. The van der Waals surface area contributed by atoms with Crippen LogP contribution >= 0.6 is 0 Å². The number of nitro groups is 1. The van der Waals surface area contributed by atoms with Gasteiger partial charge in [0.1, 0.15) is 0 Å². The predicted molar refractivity (Wildman–Crippen MR) is 112 cm³/mol. The number of nitro benzene ring substituents is 1. The van der Waals surface area contributed by atoms with Gasteiger partial charge in [0.25, 0.3) is 11.6 Å². The Morgan fingerprint density at radius 2 is 1.73 bits per heavy atom. The van der Waals surface area contributed by atoms with Gasteiger partial charge in [0, 0.05) is 70.3 Å². The maximum absolute atomic E-state index is 13.3. The highest BCUT2D eigenvalue weighted by Gasteiger charge is 2.27. The van der Waals surface area contributed by atoms with Crippen molar-refractivity contribution in [3.05, 3.63) is 64.0 Å². The monoisotopic (exact) mass is 411 g/mol. The number of non-ortho nitro benzene ring substituents is 1. The van der Waals surface area contributed by atoms with E-state index >= 15 is 0 Å². The van der Waals surface area contributed by atoms with Gasteiger partial charge in [-0.3, -0.25) is 24.8 Å². The fourth-order valence-electron chi connectivity index (χ4n) is 3.91. The summed E-state index contributed by atoms with van der Waals surface area (Å²) in [5.41, 5.74) is 2.27. The Kier molecular flexibility index (Phi) is 6.20. The van der Waals surface area contributed by atoms with Gasteiger partial charge in [0.2, 0.25) is 0 Å². The summed E-state index contributed by atoms with van der Waals surface area (Å²) in [5.74, 6) is -0.149. The fourth-order valence-corrected chi connectivity index (χ4v) is 3.91. The van der Waals surface area contributed by atoms with Gasteiger partial charge in [0.15, 0.2) is 0 Å². The number of hydrogen-bond donors (Lipinski definition) is 0. The Bertz CT molecular complexity index is 894. The number of morpholine rings is 1. The molecule has 2 aromatic rings. The molecule has 1 aromatic carbocycles. The van der Waals surface area contributed by atoms with Crippen LogP contribution in [0.4, 0.5) is 11.4 Å². The van der Waals surface area contributed by atoms with E-state index in [1.807, 2.05) is 12.1 Å². The van der Waals surface area contributed by atoms with Gasteiger partial charge in [0.05, 0.1) is 29.4 Å². The van der Waals surface area contributed by atoms with Crippen LogP contribution in [0.25, 0.3) is 0 Å². The molecule has 158 valence electrons. The molecule has 3 heterocycles. The van der Waals surface area contributed by atoms with Crippen LogP contribution < -0.4 is 4.90 Å². The second-order valence-corrected chi connectivity index (χ2v) is 7.48. The van der Waals surface area contributed by atoms with Crippen molar-refractivity contribution in [2.75, 3.05) is 57.4 Å². The summed E-state index contributed by atoms with van der Waals surface area (Å²) in [7, 11) is 0. The zero-order chi connectivity index (χ0) is 20.9. The Hall–Kier alpha value is -3.04. The Morgan fingerprint density at radius 1 is 1.03 bits per heavy atom. The molecular weight excluding hydrogens is 386 g/mol. The average Bonchev–Trinajstić information content (AvgIpc) is 2.80. The average molecular weight is 411 g/mol. The van der Waals surface area contributed by atoms with E-state index in [-0.39, 0.29) is 11.6 Å². The molecule has 2 aliphatic heterocycles. The van der Waals surface area contributed by atoms with E-state index < -0.39 is 4.92 Å². The van der Waals surface area contributed by atoms with Crippen molar-refractivity contribution in [1.82, 2.24) is 14.8 Å². The highest BCUT2D eigenvalue weighted by atomic mass is 16.6. The van der Waals surface area contributed by atoms with Gasteiger partial charge in [-0.2, -0.15) is 0 Å². The number of pyridine rings is 1. The van der Waals surface area contributed by atoms with Crippen LogP contribution in [0, 0.1) is 10.1 Å². The van der Waals surface area contributed by atoms with Gasteiger partial charge in [-0.25, -0.2) is 0 Å². The van der Waals surface area contributed by atoms with E-state index in [9.17, 15) is 14.9 Å². The van der Waals surface area contributed by atoms with Crippen LogP contribution in [0.5, 0.6) is 0 Å². The molecule has 2 aliphatic rings. The van der Waals surface area contributed by atoms with Crippen LogP contribution in [0.2, 0.25) is 0 Å². The Balaban J connectivity index is 1.48. The first-order valence-electron chi connectivity index (χ1n) is 10.1. The number of benzene rings is 1. The molecule has 1 aromatic heterocycles. The van der Waals surface area contributed by atoms with Crippen molar-refractivity contribution in [1.29, 1.82) is 0 Å². The summed E-state index contributed by atoms with van der Waals surface area (Å²) in [5, 5.41) is 11.3. The molecule has 9 heteroatoms. The maximum atomic E-state index is 13.3. The molecule has 0 bridgehead atoms. The van der Waals surface area contributed by atoms with Crippen molar-refractivity contribution >= 4 is 17.3 Å². The number of carbonyl (C=O) groups is 1. The summed E-state index contributed by atoms with van der Waals surface area (Å²) < 4.78 is 5.41. The first-order chi connectivity index (χ1) is 14.6. The number of nitrogens with zero attached hydrogens (tertiary/aromatic N) is 5. The zero-order valence-corrected chi connectivity index (χ0v) is 16.8. The lowest BCUT2D eigenvalue weighted by Crippen LogP contribution is -2.48. The number of piperazine rings is 1.